The van der Waals surface area contributed by atoms with Crippen LogP contribution in [0.25, 0.3) is 0 Å². The van der Waals surface area contributed by atoms with Crippen molar-refractivity contribution in [1.82, 2.24) is 15.1 Å². The van der Waals surface area contributed by atoms with Crippen LogP contribution in [0.3, 0.4) is 0 Å². The molecule has 0 radical (unpaired) electrons. The Morgan fingerprint density at radius 1 is 1.11 bits per heavy atom. The third-order valence-electron chi connectivity index (χ3n) is 5.07. The zero-order valence-corrected chi connectivity index (χ0v) is 12.6. The molecule has 19 heavy (non-hydrogen) atoms. The van der Waals surface area contributed by atoms with Crippen molar-refractivity contribution < 1.29 is 4.79 Å². The number of fused-ring (bicyclic) bond motifs is 2. The number of nitrogens with one attached hydrogen (secondary N) is 1. The standard InChI is InChI=1S/C14H25N3O.ClH/c1-16-11-5-6-12(16)10-17(9-7-11)14(18)13-4-2-3-8-15-13;/h11-13,15H,2-10H2,1H3;1H/t11?,12?,13-;/m0./s1. The molecule has 0 aromatic rings. The summed E-state index contributed by atoms with van der Waals surface area (Å²) < 4.78 is 0. The Bertz CT molecular complexity index is 320. The van der Waals surface area contributed by atoms with Crippen LogP contribution in [0.4, 0.5) is 0 Å². The molecule has 0 aromatic heterocycles. The number of piperidine rings is 1. The van der Waals surface area contributed by atoms with Crippen LogP contribution in [0.15, 0.2) is 0 Å². The van der Waals surface area contributed by atoms with Crippen molar-refractivity contribution in [2.24, 2.45) is 0 Å². The van der Waals surface area contributed by atoms with Gasteiger partial charge in [-0.1, -0.05) is 6.42 Å². The molecular formula is C14H26ClN3O. The van der Waals surface area contributed by atoms with Gasteiger partial charge in [-0.2, -0.15) is 0 Å². The van der Waals surface area contributed by atoms with Gasteiger partial charge < -0.3 is 10.2 Å². The van der Waals surface area contributed by atoms with Gasteiger partial charge in [-0.05, 0) is 45.7 Å². The van der Waals surface area contributed by atoms with Crippen LogP contribution in [-0.4, -0.2) is 60.5 Å². The highest BCUT2D eigenvalue weighted by Gasteiger charge is 2.37. The van der Waals surface area contributed by atoms with E-state index in [9.17, 15) is 4.79 Å². The van der Waals surface area contributed by atoms with Gasteiger partial charge in [-0.15, -0.1) is 12.4 Å². The van der Waals surface area contributed by atoms with Gasteiger partial charge in [0.15, 0.2) is 0 Å². The van der Waals surface area contributed by atoms with E-state index in [1.165, 1.54) is 25.7 Å². The molecule has 1 amide bonds. The molecule has 3 rings (SSSR count). The van der Waals surface area contributed by atoms with Crippen molar-refractivity contribution in [1.29, 1.82) is 0 Å². The number of nitrogens with zero attached hydrogens (tertiary/aromatic N) is 2. The van der Waals surface area contributed by atoms with Crippen molar-refractivity contribution in [3.8, 4) is 0 Å². The second-order valence-corrected chi connectivity index (χ2v) is 6.13. The van der Waals surface area contributed by atoms with E-state index in [0.29, 0.717) is 18.0 Å². The molecule has 2 unspecified atom stereocenters. The Labute approximate surface area is 122 Å². The molecule has 110 valence electrons. The first kappa shape index (κ1) is 15.1. The number of hydrogen-bond donors (Lipinski definition) is 1. The Morgan fingerprint density at radius 3 is 2.63 bits per heavy atom. The summed E-state index contributed by atoms with van der Waals surface area (Å²) in [5, 5.41) is 3.39. The normalized spacial score (nSPS) is 35.6. The molecule has 3 fully saturated rings. The molecule has 0 aliphatic carbocycles. The van der Waals surface area contributed by atoms with Crippen LogP contribution < -0.4 is 5.32 Å². The Balaban J connectivity index is 0.00000133. The van der Waals surface area contributed by atoms with E-state index in [1.807, 2.05) is 0 Å². The largest absolute Gasteiger partial charge is 0.340 e. The molecule has 0 aromatic carbocycles. The molecule has 4 nitrogen and oxygen atoms in total. The Morgan fingerprint density at radius 2 is 1.89 bits per heavy atom. The van der Waals surface area contributed by atoms with E-state index in [2.05, 4.69) is 22.2 Å². The Hall–Kier alpha value is -0.320. The number of likely N-dealkylation sites (N-methyl/N-ethyl adjacent to an activating group) is 1. The number of hydrogen-bond acceptors (Lipinski definition) is 3. The van der Waals surface area contributed by atoms with E-state index >= 15 is 0 Å². The van der Waals surface area contributed by atoms with Crippen LogP contribution in [0, 0.1) is 0 Å². The van der Waals surface area contributed by atoms with Crippen LogP contribution in [0.1, 0.15) is 38.5 Å². The summed E-state index contributed by atoms with van der Waals surface area (Å²) in [7, 11) is 2.23. The molecule has 0 saturated carbocycles. The maximum absolute atomic E-state index is 12.5. The molecule has 5 heteroatoms. The lowest BCUT2D eigenvalue weighted by molar-refractivity contribution is -0.134. The lowest BCUT2D eigenvalue weighted by atomic mass is 10.0. The SMILES string of the molecule is CN1C2CCC1CN(C(=O)[C@@H]1CCCCN1)CC2.Cl. The van der Waals surface area contributed by atoms with Crippen LogP contribution in [-0.2, 0) is 4.79 Å². The van der Waals surface area contributed by atoms with Crippen molar-refractivity contribution in [2.75, 3.05) is 26.7 Å². The van der Waals surface area contributed by atoms with Crippen LogP contribution >= 0.6 is 12.4 Å². The van der Waals surface area contributed by atoms with Crippen LogP contribution in [0.5, 0.6) is 0 Å². The van der Waals surface area contributed by atoms with E-state index in [1.54, 1.807) is 0 Å². The van der Waals surface area contributed by atoms with E-state index in [0.717, 1.165) is 32.5 Å². The van der Waals surface area contributed by atoms with Crippen molar-refractivity contribution >= 4 is 18.3 Å². The minimum absolute atomic E-state index is 0. The van der Waals surface area contributed by atoms with E-state index in [-0.39, 0.29) is 18.4 Å². The lowest BCUT2D eigenvalue weighted by Gasteiger charge is -2.31. The predicted molar refractivity (Wildman–Crippen MR) is 78.7 cm³/mol. The number of carbonyl (C=O) groups excluding carboxylic acids is 1. The smallest absolute Gasteiger partial charge is 0.239 e. The highest BCUT2D eigenvalue weighted by molar-refractivity contribution is 5.85. The first-order chi connectivity index (χ1) is 8.75. The summed E-state index contributed by atoms with van der Waals surface area (Å²) in [6, 6.07) is 1.41. The molecule has 3 aliphatic heterocycles. The molecule has 0 spiro atoms. The molecule has 3 atom stereocenters. The second kappa shape index (κ2) is 6.42. The van der Waals surface area contributed by atoms with E-state index in [4.69, 9.17) is 0 Å². The molecule has 1 N–H and O–H groups in total. The number of halogens is 1. The minimum atomic E-state index is 0. The fourth-order valence-electron chi connectivity index (χ4n) is 3.79. The quantitative estimate of drug-likeness (QED) is 0.788. The van der Waals surface area contributed by atoms with Crippen molar-refractivity contribution in [3.05, 3.63) is 0 Å². The molecule has 3 saturated heterocycles. The monoisotopic (exact) mass is 287 g/mol. The number of carbonyl (C=O) groups is 1. The van der Waals surface area contributed by atoms with Gasteiger partial charge in [0.05, 0.1) is 6.04 Å². The van der Waals surface area contributed by atoms with Crippen molar-refractivity contribution in [3.63, 3.8) is 0 Å². The molecule has 2 bridgehead atoms. The van der Waals surface area contributed by atoms with Gasteiger partial charge in [-0.3, -0.25) is 9.69 Å². The van der Waals surface area contributed by atoms with Gasteiger partial charge >= 0.3 is 0 Å². The third-order valence-corrected chi connectivity index (χ3v) is 5.07. The zero-order chi connectivity index (χ0) is 12.5. The number of rotatable bonds is 1. The van der Waals surface area contributed by atoms with Gasteiger partial charge in [0.2, 0.25) is 5.91 Å². The fourth-order valence-corrected chi connectivity index (χ4v) is 3.79. The van der Waals surface area contributed by atoms with Crippen LogP contribution in [0.2, 0.25) is 0 Å². The topological polar surface area (TPSA) is 35.6 Å². The highest BCUT2D eigenvalue weighted by Crippen LogP contribution is 2.28. The first-order valence-electron chi connectivity index (χ1n) is 7.50. The predicted octanol–water partition coefficient (Wildman–Crippen LogP) is 1.25. The van der Waals surface area contributed by atoms with E-state index < -0.39 is 0 Å². The average Bonchev–Trinajstić information content (AvgIpc) is 2.64. The second-order valence-electron chi connectivity index (χ2n) is 6.13. The molecule has 3 heterocycles. The highest BCUT2D eigenvalue weighted by atomic mass is 35.5. The summed E-state index contributed by atoms with van der Waals surface area (Å²) in [4.78, 5) is 17.2. The summed E-state index contributed by atoms with van der Waals surface area (Å²) in [5.74, 6) is 0.357. The summed E-state index contributed by atoms with van der Waals surface area (Å²) in [6.07, 6.45) is 7.19. The number of amides is 1. The Kier molecular flexibility index (Phi) is 5.09. The third kappa shape index (κ3) is 3.06. The summed E-state index contributed by atoms with van der Waals surface area (Å²) in [6.45, 7) is 2.92. The number of likely N-dealkylation sites (tertiary alicyclic amines) is 1. The molecule has 3 aliphatic rings. The fraction of sp³-hybridized carbons (Fsp3) is 0.929. The van der Waals surface area contributed by atoms with Gasteiger partial charge in [0, 0.05) is 25.2 Å². The van der Waals surface area contributed by atoms with Gasteiger partial charge in [-0.25, -0.2) is 0 Å². The zero-order valence-electron chi connectivity index (χ0n) is 11.8. The molecular weight excluding hydrogens is 262 g/mol. The van der Waals surface area contributed by atoms with Crippen molar-refractivity contribution in [2.45, 2.75) is 56.7 Å². The van der Waals surface area contributed by atoms with Gasteiger partial charge in [0.1, 0.15) is 0 Å². The maximum Gasteiger partial charge on any atom is 0.239 e. The first-order valence-corrected chi connectivity index (χ1v) is 7.50. The van der Waals surface area contributed by atoms with Gasteiger partial charge in [0.25, 0.3) is 0 Å². The summed E-state index contributed by atoms with van der Waals surface area (Å²) >= 11 is 0. The minimum Gasteiger partial charge on any atom is -0.340 e. The average molecular weight is 288 g/mol. The lowest BCUT2D eigenvalue weighted by Crippen LogP contribution is -2.50. The maximum atomic E-state index is 12.5. The summed E-state index contributed by atoms with van der Waals surface area (Å²) in [5.41, 5.74) is 0.